The average Bonchev–Trinajstić information content (AvgIpc) is 2.78. The fourth-order valence-corrected chi connectivity index (χ4v) is 2.83. The summed E-state index contributed by atoms with van der Waals surface area (Å²) >= 11 is 7.72. The summed E-state index contributed by atoms with van der Waals surface area (Å²) in [6.45, 7) is 5.07. The third-order valence-electron chi connectivity index (χ3n) is 2.76. The highest BCUT2D eigenvalue weighted by Crippen LogP contribution is 2.31. The molecule has 0 aliphatic carbocycles. The van der Waals surface area contributed by atoms with Crippen molar-refractivity contribution in [1.82, 2.24) is 14.9 Å². The molecule has 1 N–H and O–H groups in total. The molecule has 2 aromatic rings. The van der Waals surface area contributed by atoms with Gasteiger partial charge in [0.15, 0.2) is 0 Å². The van der Waals surface area contributed by atoms with Gasteiger partial charge < -0.3 is 5.32 Å². The topological polar surface area (TPSA) is 37.8 Å². The quantitative estimate of drug-likeness (QED) is 0.910. The highest BCUT2D eigenvalue weighted by Gasteiger charge is 2.20. The normalized spacial score (nSPS) is 12.6. The number of aromatic nitrogens is 2. The number of nitrogens with zero attached hydrogens (tertiary/aromatic N) is 2. The van der Waals surface area contributed by atoms with E-state index in [1.165, 1.54) is 11.5 Å². The number of hydrogen-bond donors (Lipinski definition) is 1. The van der Waals surface area contributed by atoms with Gasteiger partial charge in [-0.1, -0.05) is 41.2 Å². The maximum Gasteiger partial charge on any atom is 0.0776 e. The molecule has 1 aromatic carbocycles. The second kappa shape index (κ2) is 6.27. The first-order valence-electron chi connectivity index (χ1n) is 6.00. The van der Waals surface area contributed by atoms with Crippen molar-refractivity contribution in [1.29, 1.82) is 0 Å². The van der Waals surface area contributed by atoms with Crippen LogP contribution in [0, 0.1) is 6.92 Å². The van der Waals surface area contributed by atoms with Crippen molar-refractivity contribution in [3.05, 3.63) is 45.4 Å². The molecule has 0 radical (unpaired) electrons. The number of rotatable bonds is 5. The molecule has 0 bridgehead atoms. The number of benzene rings is 1. The lowest BCUT2D eigenvalue weighted by Gasteiger charge is -2.18. The lowest BCUT2D eigenvalue weighted by molar-refractivity contribution is 0.603. The summed E-state index contributed by atoms with van der Waals surface area (Å²) in [4.78, 5) is 1.14. The highest BCUT2D eigenvalue weighted by molar-refractivity contribution is 7.05. The molecular weight excluding hydrogens is 266 g/mol. The summed E-state index contributed by atoms with van der Waals surface area (Å²) in [7, 11) is 0. The van der Waals surface area contributed by atoms with Gasteiger partial charge in [-0.05, 0) is 43.1 Å². The predicted octanol–water partition coefficient (Wildman–Crippen LogP) is 3.59. The highest BCUT2D eigenvalue weighted by atomic mass is 35.5. The largest absolute Gasteiger partial charge is 0.305 e. The minimum absolute atomic E-state index is 0.0821. The molecule has 1 aromatic heterocycles. The Kier molecular flexibility index (Phi) is 4.69. The summed E-state index contributed by atoms with van der Waals surface area (Å²) < 4.78 is 4.01. The Morgan fingerprint density at radius 1 is 1.39 bits per heavy atom. The zero-order valence-electron chi connectivity index (χ0n) is 10.5. The molecule has 0 saturated carbocycles. The zero-order chi connectivity index (χ0) is 13.0. The van der Waals surface area contributed by atoms with Gasteiger partial charge in [0.25, 0.3) is 0 Å². The first kappa shape index (κ1) is 13.5. The van der Waals surface area contributed by atoms with E-state index in [1.54, 1.807) is 0 Å². The fourth-order valence-electron chi connectivity index (χ4n) is 1.84. The van der Waals surface area contributed by atoms with Crippen molar-refractivity contribution >= 4 is 23.1 Å². The number of halogens is 1. The first-order valence-corrected chi connectivity index (χ1v) is 7.15. The molecule has 5 heteroatoms. The third kappa shape index (κ3) is 2.88. The molecule has 1 heterocycles. The van der Waals surface area contributed by atoms with E-state index >= 15 is 0 Å². The average molecular weight is 282 g/mol. The number of hydrogen-bond acceptors (Lipinski definition) is 4. The van der Waals surface area contributed by atoms with E-state index in [4.69, 9.17) is 11.6 Å². The molecule has 3 nitrogen and oxygen atoms in total. The Morgan fingerprint density at radius 3 is 2.78 bits per heavy atom. The van der Waals surface area contributed by atoms with Gasteiger partial charge in [0.1, 0.15) is 0 Å². The van der Waals surface area contributed by atoms with Crippen LogP contribution in [0.2, 0.25) is 5.02 Å². The Hall–Kier alpha value is -0.970. The second-order valence-corrected chi connectivity index (χ2v) is 5.32. The van der Waals surface area contributed by atoms with Gasteiger partial charge in [-0.3, -0.25) is 0 Å². The predicted molar refractivity (Wildman–Crippen MR) is 76.2 cm³/mol. The van der Waals surface area contributed by atoms with E-state index < -0.39 is 0 Å². The van der Waals surface area contributed by atoms with Crippen LogP contribution >= 0.6 is 23.1 Å². The van der Waals surface area contributed by atoms with E-state index in [2.05, 4.69) is 27.9 Å². The Morgan fingerprint density at radius 2 is 2.17 bits per heavy atom. The van der Waals surface area contributed by atoms with Gasteiger partial charge >= 0.3 is 0 Å². The Labute approximate surface area is 116 Å². The molecular formula is C13H16ClN3S. The standard InChI is InChI=1S/C13H16ClN3S/c1-3-8-15-12(13-9(2)16-17-18-13)10-6-4-5-7-11(10)14/h4-7,12,15H,3,8H2,1-2H3. The molecule has 18 heavy (non-hydrogen) atoms. The van der Waals surface area contributed by atoms with Gasteiger partial charge in [0.05, 0.1) is 16.6 Å². The molecule has 0 amide bonds. The van der Waals surface area contributed by atoms with E-state index in [-0.39, 0.29) is 6.04 Å². The summed E-state index contributed by atoms with van der Waals surface area (Å²) in [6, 6.07) is 8.00. The first-order chi connectivity index (χ1) is 8.74. The lowest BCUT2D eigenvalue weighted by Crippen LogP contribution is -2.23. The van der Waals surface area contributed by atoms with Crippen LogP contribution in [0.15, 0.2) is 24.3 Å². The van der Waals surface area contributed by atoms with Gasteiger partial charge in [-0.15, -0.1) is 5.10 Å². The molecule has 2 rings (SSSR count). The Balaban J connectivity index is 2.37. The maximum atomic E-state index is 6.29. The minimum Gasteiger partial charge on any atom is -0.305 e. The van der Waals surface area contributed by atoms with Crippen LogP contribution < -0.4 is 5.32 Å². The van der Waals surface area contributed by atoms with E-state index in [0.717, 1.165) is 34.1 Å². The van der Waals surface area contributed by atoms with Crippen LogP contribution in [-0.4, -0.2) is 16.1 Å². The molecule has 0 fully saturated rings. The van der Waals surface area contributed by atoms with Crippen molar-refractivity contribution in [2.45, 2.75) is 26.3 Å². The number of aryl methyl sites for hydroxylation is 1. The lowest BCUT2D eigenvalue weighted by atomic mass is 10.0. The van der Waals surface area contributed by atoms with Gasteiger partial charge in [-0.2, -0.15) is 0 Å². The van der Waals surface area contributed by atoms with Crippen LogP contribution in [0.4, 0.5) is 0 Å². The summed E-state index contributed by atoms with van der Waals surface area (Å²) in [5.41, 5.74) is 2.05. The molecule has 0 spiro atoms. The summed E-state index contributed by atoms with van der Waals surface area (Å²) in [6.07, 6.45) is 1.08. The van der Waals surface area contributed by atoms with Crippen LogP contribution in [0.5, 0.6) is 0 Å². The van der Waals surface area contributed by atoms with Gasteiger partial charge in [0, 0.05) is 5.02 Å². The molecule has 0 saturated heterocycles. The SMILES string of the molecule is CCCNC(c1ccccc1Cl)c1snnc1C. The monoisotopic (exact) mass is 281 g/mol. The van der Waals surface area contributed by atoms with Crippen molar-refractivity contribution in [2.24, 2.45) is 0 Å². The van der Waals surface area contributed by atoms with Gasteiger partial charge in [-0.25, -0.2) is 0 Å². The van der Waals surface area contributed by atoms with Crippen molar-refractivity contribution in [2.75, 3.05) is 6.54 Å². The van der Waals surface area contributed by atoms with E-state index in [1.807, 2.05) is 25.1 Å². The molecule has 0 aliphatic rings. The van der Waals surface area contributed by atoms with Crippen LogP contribution in [0.1, 0.15) is 35.5 Å². The molecule has 1 unspecified atom stereocenters. The number of nitrogens with one attached hydrogen (secondary N) is 1. The Bertz CT molecular complexity index is 512. The van der Waals surface area contributed by atoms with E-state index in [9.17, 15) is 0 Å². The maximum absolute atomic E-state index is 6.29. The van der Waals surface area contributed by atoms with Crippen LogP contribution in [-0.2, 0) is 0 Å². The van der Waals surface area contributed by atoms with Crippen LogP contribution in [0.25, 0.3) is 0 Å². The molecule has 96 valence electrons. The third-order valence-corrected chi connectivity index (χ3v) is 4.00. The summed E-state index contributed by atoms with van der Waals surface area (Å²) in [5, 5.41) is 8.38. The smallest absolute Gasteiger partial charge is 0.0776 e. The zero-order valence-corrected chi connectivity index (χ0v) is 12.1. The summed E-state index contributed by atoms with van der Waals surface area (Å²) in [5.74, 6) is 0. The van der Waals surface area contributed by atoms with Crippen molar-refractivity contribution in [3.8, 4) is 0 Å². The van der Waals surface area contributed by atoms with Crippen LogP contribution in [0.3, 0.4) is 0 Å². The minimum atomic E-state index is 0.0821. The van der Waals surface area contributed by atoms with E-state index in [0.29, 0.717) is 0 Å². The molecule has 0 aliphatic heterocycles. The van der Waals surface area contributed by atoms with Crippen molar-refractivity contribution in [3.63, 3.8) is 0 Å². The van der Waals surface area contributed by atoms with Crippen molar-refractivity contribution < 1.29 is 0 Å². The van der Waals surface area contributed by atoms with Gasteiger partial charge in [0.2, 0.25) is 0 Å². The second-order valence-electron chi connectivity index (χ2n) is 4.13. The molecule has 1 atom stereocenters. The fraction of sp³-hybridized carbons (Fsp3) is 0.385.